The highest BCUT2D eigenvalue weighted by atomic mass is 15.2. The van der Waals surface area contributed by atoms with Gasteiger partial charge in [0.2, 0.25) is 0 Å². The molecule has 0 fully saturated rings. The SMILES string of the molecule is [2H]c1c([2H])c(C(C)(C)C)c([2H])c([2H])c1N1c2cc(C)cc3c2B(c2ccccc2N3c2cc(C(C)(C)C)cc(C(C)(C)C)c2)c2c([2H])c(C(C)(C)C)c([2H])c([2H])c21. The first kappa shape index (κ1) is 26.6. The van der Waals surface area contributed by atoms with Crippen molar-refractivity contribution < 1.29 is 9.60 Å². The highest BCUT2D eigenvalue weighted by Crippen LogP contribution is 2.46. The monoisotopic (exact) mass is 665 g/mol. The highest BCUT2D eigenvalue weighted by molar-refractivity contribution is 7.00. The zero-order chi connectivity index (χ0) is 42.2. The molecule has 0 amide bonds. The lowest BCUT2D eigenvalue weighted by atomic mass is 9.33. The molecule has 5 aromatic rings. The Balaban J connectivity index is 1.70. The lowest BCUT2D eigenvalue weighted by molar-refractivity contribution is 0.569. The number of hydrogen-bond acceptors (Lipinski definition) is 2. The van der Waals surface area contributed by atoms with Gasteiger partial charge in [-0.05, 0) is 121 Å². The molecule has 50 heavy (non-hydrogen) atoms. The Hall–Kier alpha value is -4.24. The Kier molecular flexibility index (Phi) is 6.05. The molecule has 0 unspecified atom stereocenters. The second kappa shape index (κ2) is 11.4. The Morgan fingerprint density at radius 2 is 0.980 bits per heavy atom. The second-order valence-electron chi connectivity index (χ2n) is 18.4. The van der Waals surface area contributed by atoms with Crippen molar-refractivity contribution in [2.75, 3.05) is 9.80 Å². The molecule has 0 aliphatic carbocycles. The fraction of sp³-hybridized carbons (Fsp3) is 0.362. The molecule has 3 heteroatoms. The van der Waals surface area contributed by atoms with E-state index in [2.05, 4.69) is 82.8 Å². The first-order valence-corrected chi connectivity index (χ1v) is 17.9. The van der Waals surface area contributed by atoms with Crippen LogP contribution in [0.25, 0.3) is 0 Å². The molecule has 0 saturated carbocycles. The molecule has 2 heterocycles. The third-order valence-electron chi connectivity index (χ3n) is 10.1. The van der Waals surface area contributed by atoms with E-state index in [1.807, 2.05) is 66.7 Å². The Morgan fingerprint density at radius 1 is 0.480 bits per heavy atom. The average Bonchev–Trinajstić information content (AvgIpc) is 3.08. The first-order chi connectivity index (χ1) is 26.2. The molecule has 0 N–H and O–H groups in total. The number of anilines is 6. The van der Waals surface area contributed by atoms with Gasteiger partial charge in [0.15, 0.2) is 0 Å². The molecule has 5 aromatic carbocycles. The third kappa shape index (κ3) is 5.77. The predicted octanol–water partition coefficient (Wildman–Crippen LogP) is 11.3. The van der Waals surface area contributed by atoms with Crippen LogP contribution in [0, 0.1) is 6.92 Å². The number of hydrogen-bond donors (Lipinski definition) is 0. The lowest BCUT2D eigenvalue weighted by Crippen LogP contribution is -2.61. The van der Waals surface area contributed by atoms with Gasteiger partial charge in [0.25, 0.3) is 6.71 Å². The summed E-state index contributed by atoms with van der Waals surface area (Å²) in [6, 6.07) is 18.5. The smallest absolute Gasteiger partial charge is 0.252 e. The summed E-state index contributed by atoms with van der Waals surface area (Å²) < 4.78 is 66.9. The summed E-state index contributed by atoms with van der Waals surface area (Å²) in [7, 11) is 0. The van der Waals surface area contributed by atoms with Crippen LogP contribution in [0.15, 0.2) is 96.9 Å². The molecule has 2 aliphatic rings. The molecule has 2 nitrogen and oxygen atoms in total. The number of aryl methyl sites for hydroxylation is 1. The summed E-state index contributed by atoms with van der Waals surface area (Å²) in [6.45, 7) is 26.4. The fourth-order valence-electron chi connectivity index (χ4n) is 7.15. The topological polar surface area (TPSA) is 6.48 Å². The molecule has 0 aromatic heterocycles. The van der Waals surface area contributed by atoms with E-state index in [4.69, 9.17) is 0 Å². The number of fused-ring (bicyclic) bond motifs is 4. The van der Waals surface area contributed by atoms with Crippen molar-refractivity contribution in [3.8, 4) is 0 Å². The van der Waals surface area contributed by atoms with Gasteiger partial charge in [0, 0.05) is 34.1 Å². The van der Waals surface area contributed by atoms with Crippen LogP contribution in [-0.2, 0) is 21.7 Å². The quantitative estimate of drug-likeness (QED) is 0.170. The van der Waals surface area contributed by atoms with Crippen LogP contribution >= 0.6 is 0 Å². The minimum atomic E-state index is -0.672. The summed E-state index contributed by atoms with van der Waals surface area (Å²) in [5, 5.41) is 0. The predicted molar refractivity (Wildman–Crippen MR) is 220 cm³/mol. The van der Waals surface area contributed by atoms with Crippen molar-refractivity contribution in [2.45, 2.75) is 112 Å². The molecule has 256 valence electrons. The van der Waals surface area contributed by atoms with Gasteiger partial charge in [0.05, 0.1) is 9.60 Å². The van der Waals surface area contributed by atoms with E-state index in [-0.39, 0.29) is 64.5 Å². The van der Waals surface area contributed by atoms with Gasteiger partial charge < -0.3 is 9.80 Å². The minimum Gasteiger partial charge on any atom is -0.311 e. The summed E-state index contributed by atoms with van der Waals surface area (Å²) in [5.41, 5.74) is 8.51. The van der Waals surface area contributed by atoms with Gasteiger partial charge in [-0.15, -0.1) is 0 Å². The summed E-state index contributed by atoms with van der Waals surface area (Å²) in [5.74, 6) is 0. The summed E-state index contributed by atoms with van der Waals surface area (Å²) >= 11 is 0. The van der Waals surface area contributed by atoms with Crippen LogP contribution in [0.1, 0.15) is 120 Å². The van der Waals surface area contributed by atoms with Crippen LogP contribution < -0.4 is 26.2 Å². The zero-order valence-corrected chi connectivity index (χ0v) is 32.2. The molecule has 2 aliphatic heterocycles. The molecular weight excluding hydrogens is 603 g/mol. The standard InChI is InChI=1S/C47H55BN2/c1-30-24-41-43-42(25-30)50(36-27-33(46(8,9)10)26-34(28-36)47(11,12)13)39-17-15-14-16-37(39)48(43)38-29-32(45(5,6)7)20-23-40(38)49(41)35-21-18-31(19-22-35)44(2,3)4/h14-29H,1-13H3/i18D,19D,20D,21D,22D,23D,29D. The normalized spacial score (nSPS) is 16.3. The maximum atomic E-state index is 10.0. The molecule has 0 radical (unpaired) electrons. The van der Waals surface area contributed by atoms with Crippen LogP contribution in [0.3, 0.4) is 0 Å². The van der Waals surface area contributed by atoms with Crippen molar-refractivity contribution in [3.63, 3.8) is 0 Å². The van der Waals surface area contributed by atoms with E-state index in [1.165, 1.54) is 11.1 Å². The highest BCUT2D eigenvalue weighted by Gasteiger charge is 2.44. The van der Waals surface area contributed by atoms with Crippen LogP contribution in [-0.4, -0.2) is 6.71 Å². The molecule has 7 rings (SSSR count). The minimum absolute atomic E-state index is 0.0106. The van der Waals surface area contributed by atoms with E-state index in [0.717, 1.165) is 33.6 Å². The molecular formula is C47H55BN2. The van der Waals surface area contributed by atoms with E-state index in [1.54, 1.807) is 4.90 Å². The van der Waals surface area contributed by atoms with Gasteiger partial charge in [-0.3, -0.25) is 0 Å². The number of rotatable bonds is 2. The van der Waals surface area contributed by atoms with Crippen molar-refractivity contribution in [2.24, 2.45) is 0 Å². The van der Waals surface area contributed by atoms with Gasteiger partial charge in [0.1, 0.15) is 0 Å². The molecule has 0 atom stereocenters. The zero-order valence-electron chi connectivity index (χ0n) is 39.2. The summed E-state index contributed by atoms with van der Waals surface area (Å²) in [6.07, 6.45) is 0. The van der Waals surface area contributed by atoms with E-state index in [0.29, 0.717) is 22.3 Å². The number of nitrogens with zero attached hydrogens (tertiary/aromatic N) is 2. The van der Waals surface area contributed by atoms with E-state index < -0.39 is 17.5 Å². The Bertz CT molecular complexity index is 2450. The number of benzene rings is 5. The maximum Gasteiger partial charge on any atom is 0.252 e. The maximum absolute atomic E-state index is 10.0. The Labute approximate surface area is 312 Å². The van der Waals surface area contributed by atoms with E-state index in [9.17, 15) is 9.60 Å². The van der Waals surface area contributed by atoms with Crippen molar-refractivity contribution >= 4 is 57.2 Å². The number of para-hydroxylation sites is 1. The van der Waals surface area contributed by atoms with Crippen LogP contribution in [0.2, 0.25) is 0 Å². The molecule has 0 saturated heterocycles. The average molecular weight is 666 g/mol. The van der Waals surface area contributed by atoms with Gasteiger partial charge >= 0.3 is 0 Å². The van der Waals surface area contributed by atoms with Gasteiger partial charge in [-0.2, -0.15) is 0 Å². The van der Waals surface area contributed by atoms with Gasteiger partial charge in [-0.1, -0.05) is 132 Å². The molecule has 0 spiro atoms. The van der Waals surface area contributed by atoms with Crippen molar-refractivity contribution in [1.29, 1.82) is 0 Å². The van der Waals surface area contributed by atoms with E-state index >= 15 is 0 Å². The van der Waals surface area contributed by atoms with Crippen molar-refractivity contribution in [3.05, 3.63) is 125 Å². The largest absolute Gasteiger partial charge is 0.311 e. The van der Waals surface area contributed by atoms with Crippen LogP contribution in [0.5, 0.6) is 0 Å². The van der Waals surface area contributed by atoms with Crippen molar-refractivity contribution in [1.82, 2.24) is 0 Å². The Morgan fingerprint density at radius 3 is 1.52 bits per heavy atom. The fourth-order valence-corrected chi connectivity index (χ4v) is 7.15. The third-order valence-corrected chi connectivity index (χ3v) is 10.1. The van der Waals surface area contributed by atoms with Crippen LogP contribution in [0.4, 0.5) is 34.1 Å². The van der Waals surface area contributed by atoms with Gasteiger partial charge in [-0.25, -0.2) is 0 Å². The first-order valence-electron chi connectivity index (χ1n) is 21.4. The molecule has 0 bridgehead atoms. The summed E-state index contributed by atoms with van der Waals surface area (Å²) in [4.78, 5) is 3.99. The second-order valence-corrected chi connectivity index (χ2v) is 18.4. The lowest BCUT2D eigenvalue weighted by Gasteiger charge is -2.45.